The number of hydrogen-bond donors (Lipinski definition) is 1. The van der Waals surface area contributed by atoms with Gasteiger partial charge in [0.15, 0.2) is 0 Å². The van der Waals surface area contributed by atoms with Gasteiger partial charge >= 0.3 is 0 Å². The van der Waals surface area contributed by atoms with Gasteiger partial charge in [-0.25, -0.2) is 0 Å². The molecule has 0 spiro atoms. The Bertz CT molecular complexity index is 506. The molecule has 1 aromatic carbocycles. The molecular weight excluding hydrogens is 224 g/mol. The van der Waals surface area contributed by atoms with E-state index in [1.807, 2.05) is 24.3 Å². The molecule has 0 aliphatic carbocycles. The van der Waals surface area contributed by atoms with Crippen LogP contribution in [0.2, 0.25) is 0 Å². The van der Waals surface area contributed by atoms with Gasteiger partial charge in [0.05, 0.1) is 0 Å². The van der Waals surface area contributed by atoms with Gasteiger partial charge in [-0.2, -0.15) is 0 Å². The Balaban J connectivity index is 2.03. The maximum atomic E-state index is 11.9. The molecular formula is C15H16N2O. The maximum Gasteiger partial charge on any atom is 0.255 e. The van der Waals surface area contributed by atoms with E-state index in [4.69, 9.17) is 0 Å². The van der Waals surface area contributed by atoms with E-state index < -0.39 is 0 Å². The molecule has 0 fully saturated rings. The van der Waals surface area contributed by atoms with Crippen LogP contribution in [0, 0.1) is 0 Å². The summed E-state index contributed by atoms with van der Waals surface area (Å²) in [6.45, 7) is 2.15. The van der Waals surface area contributed by atoms with Crippen molar-refractivity contribution in [1.82, 2.24) is 4.98 Å². The highest BCUT2D eigenvalue weighted by Gasteiger charge is 2.04. The average Bonchev–Trinajstić information content (AvgIpc) is 2.42. The molecule has 1 heterocycles. The molecule has 3 heteroatoms. The largest absolute Gasteiger partial charge is 0.322 e. The van der Waals surface area contributed by atoms with Crippen molar-refractivity contribution in [3.05, 3.63) is 59.9 Å². The lowest BCUT2D eigenvalue weighted by Crippen LogP contribution is -2.11. The predicted octanol–water partition coefficient (Wildman–Crippen LogP) is 3.29. The molecule has 18 heavy (non-hydrogen) atoms. The Labute approximate surface area is 107 Å². The van der Waals surface area contributed by atoms with Gasteiger partial charge in [0, 0.05) is 23.6 Å². The zero-order valence-electron chi connectivity index (χ0n) is 10.4. The first-order chi connectivity index (χ1) is 8.79. The smallest absolute Gasteiger partial charge is 0.255 e. The predicted molar refractivity (Wildman–Crippen MR) is 72.6 cm³/mol. The number of carbonyl (C=O) groups excluding carboxylic acids is 1. The van der Waals surface area contributed by atoms with E-state index >= 15 is 0 Å². The Morgan fingerprint density at radius 3 is 2.39 bits per heavy atom. The number of benzene rings is 1. The Hall–Kier alpha value is -2.16. The van der Waals surface area contributed by atoms with E-state index in [0.29, 0.717) is 5.56 Å². The van der Waals surface area contributed by atoms with Gasteiger partial charge in [-0.1, -0.05) is 25.5 Å². The third-order valence-electron chi connectivity index (χ3n) is 2.69. The van der Waals surface area contributed by atoms with Crippen LogP contribution in [0.3, 0.4) is 0 Å². The van der Waals surface area contributed by atoms with Crippen LogP contribution >= 0.6 is 0 Å². The second-order valence-electron chi connectivity index (χ2n) is 4.14. The van der Waals surface area contributed by atoms with Gasteiger partial charge in [0.2, 0.25) is 0 Å². The number of nitrogens with zero attached hydrogens (tertiary/aromatic N) is 1. The lowest BCUT2D eigenvalue weighted by atomic mass is 10.1. The van der Waals surface area contributed by atoms with Crippen LogP contribution in [0.15, 0.2) is 48.8 Å². The van der Waals surface area contributed by atoms with E-state index in [0.717, 1.165) is 18.5 Å². The maximum absolute atomic E-state index is 11.9. The summed E-state index contributed by atoms with van der Waals surface area (Å²) >= 11 is 0. The number of rotatable bonds is 4. The number of pyridine rings is 1. The number of aromatic nitrogens is 1. The molecule has 3 nitrogen and oxygen atoms in total. The summed E-state index contributed by atoms with van der Waals surface area (Å²) in [5, 5.41) is 2.86. The Kier molecular flexibility index (Phi) is 4.07. The molecule has 0 bridgehead atoms. The summed E-state index contributed by atoms with van der Waals surface area (Å²) in [5.74, 6) is -0.111. The fourth-order valence-corrected chi connectivity index (χ4v) is 1.75. The van der Waals surface area contributed by atoms with E-state index in [-0.39, 0.29) is 5.91 Å². The van der Waals surface area contributed by atoms with Crippen molar-refractivity contribution in [2.45, 2.75) is 19.8 Å². The third-order valence-corrected chi connectivity index (χ3v) is 2.69. The summed E-state index contributed by atoms with van der Waals surface area (Å²) in [6, 6.07) is 11.4. The third kappa shape index (κ3) is 3.17. The van der Waals surface area contributed by atoms with Gasteiger partial charge in [-0.3, -0.25) is 9.78 Å². The molecule has 1 aromatic heterocycles. The van der Waals surface area contributed by atoms with E-state index in [1.165, 1.54) is 5.56 Å². The van der Waals surface area contributed by atoms with E-state index in [9.17, 15) is 4.79 Å². The summed E-state index contributed by atoms with van der Waals surface area (Å²) in [5.41, 5.74) is 2.72. The highest BCUT2D eigenvalue weighted by molar-refractivity contribution is 6.04. The normalized spacial score (nSPS) is 10.1. The van der Waals surface area contributed by atoms with Crippen molar-refractivity contribution in [3.8, 4) is 0 Å². The number of anilines is 1. The van der Waals surface area contributed by atoms with Gasteiger partial charge in [-0.15, -0.1) is 0 Å². The monoisotopic (exact) mass is 240 g/mol. The van der Waals surface area contributed by atoms with Gasteiger partial charge < -0.3 is 5.32 Å². The van der Waals surface area contributed by atoms with Crippen molar-refractivity contribution in [2.75, 3.05) is 5.32 Å². The van der Waals surface area contributed by atoms with Crippen LogP contribution < -0.4 is 5.32 Å². The lowest BCUT2D eigenvalue weighted by molar-refractivity contribution is 0.102. The number of nitrogens with one attached hydrogen (secondary N) is 1. The van der Waals surface area contributed by atoms with Crippen molar-refractivity contribution >= 4 is 11.6 Å². The summed E-state index contributed by atoms with van der Waals surface area (Å²) < 4.78 is 0. The Morgan fingerprint density at radius 2 is 1.78 bits per heavy atom. The van der Waals surface area contributed by atoms with Gasteiger partial charge in [-0.05, 0) is 36.2 Å². The summed E-state index contributed by atoms with van der Waals surface area (Å²) in [6.07, 6.45) is 5.42. The van der Waals surface area contributed by atoms with Crippen molar-refractivity contribution in [3.63, 3.8) is 0 Å². The summed E-state index contributed by atoms with van der Waals surface area (Å²) in [4.78, 5) is 15.8. The van der Waals surface area contributed by atoms with Crippen LogP contribution in [-0.2, 0) is 6.42 Å². The van der Waals surface area contributed by atoms with Crippen LogP contribution in [0.4, 0.5) is 5.69 Å². The molecule has 1 amide bonds. The molecule has 2 rings (SSSR count). The highest BCUT2D eigenvalue weighted by atomic mass is 16.1. The van der Waals surface area contributed by atoms with Crippen LogP contribution in [0.25, 0.3) is 0 Å². The first-order valence-corrected chi connectivity index (χ1v) is 6.10. The first-order valence-electron chi connectivity index (χ1n) is 6.10. The molecule has 0 saturated carbocycles. The number of aryl methyl sites for hydroxylation is 1. The second-order valence-corrected chi connectivity index (χ2v) is 4.14. The van der Waals surface area contributed by atoms with Crippen LogP contribution in [0.5, 0.6) is 0 Å². The van der Waals surface area contributed by atoms with Crippen LogP contribution in [0.1, 0.15) is 29.3 Å². The molecule has 0 aliphatic rings. The number of hydrogen-bond acceptors (Lipinski definition) is 2. The van der Waals surface area contributed by atoms with E-state index in [1.54, 1.807) is 24.5 Å². The van der Waals surface area contributed by atoms with Crippen molar-refractivity contribution in [1.29, 1.82) is 0 Å². The molecule has 0 radical (unpaired) electrons. The van der Waals surface area contributed by atoms with Gasteiger partial charge in [0.25, 0.3) is 5.91 Å². The van der Waals surface area contributed by atoms with E-state index in [2.05, 4.69) is 17.2 Å². The minimum Gasteiger partial charge on any atom is -0.322 e. The molecule has 1 N–H and O–H groups in total. The minimum absolute atomic E-state index is 0.111. The number of carbonyl (C=O) groups is 1. The molecule has 2 aromatic rings. The SMILES string of the molecule is CCCc1ccc(NC(=O)c2ccncc2)cc1. The Morgan fingerprint density at radius 1 is 1.11 bits per heavy atom. The van der Waals surface area contributed by atoms with Crippen LogP contribution in [-0.4, -0.2) is 10.9 Å². The zero-order chi connectivity index (χ0) is 12.8. The molecule has 0 atom stereocenters. The highest BCUT2D eigenvalue weighted by Crippen LogP contribution is 2.12. The fourth-order valence-electron chi connectivity index (χ4n) is 1.75. The molecule has 0 aliphatic heterocycles. The minimum atomic E-state index is -0.111. The topological polar surface area (TPSA) is 42.0 Å². The zero-order valence-corrected chi connectivity index (χ0v) is 10.4. The fraction of sp³-hybridized carbons (Fsp3) is 0.200. The van der Waals surface area contributed by atoms with Crippen molar-refractivity contribution < 1.29 is 4.79 Å². The second kappa shape index (κ2) is 5.96. The molecule has 92 valence electrons. The lowest BCUT2D eigenvalue weighted by Gasteiger charge is -2.06. The number of amides is 1. The quantitative estimate of drug-likeness (QED) is 0.891. The standard InChI is InChI=1S/C15H16N2O/c1-2-3-12-4-6-14(7-5-12)17-15(18)13-8-10-16-11-9-13/h4-11H,2-3H2,1H3,(H,17,18). The average molecular weight is 240 g/mol. The van der Waals surface area contributed by atoms with Gasteiger partial charge in [0.1, 0.15) is 0 Å². The first kappa shape index (κ1) is 12.3. The summed E-state index contributed by atoms with van der Waals surface area (Å²) in [7, 11) is 0. The molecule has 0 unspecified atom stereocenters. The molecule has 0 saturated heterocycles. The van der Waals surface area contributed by atoms with Crippen molar-refractivity contribution in [2.24, 2.45) is 0 Å².